The highest BCUT2D eigenvalue weighted by molar-refractivity contribution is 5.97. The number of hydrogen-bond donors (Lipinski definition) is 2. The van der Waals surface area contributed by atoms with Crippen LogP contribution in [-0.4, -0.2) is 41.6 Å². The summed E-state index contributed by atoms with van der Waals surface area (Å²) < 4.78 is 10.8. The topological polar surface area (TPSA) is 89.1 Å². The monoisotopic (exact) mass is 350 g/mol. The number of benzene rings is 1. The van der Waals surface area contributed by atoms with Gasteiger partial charge >= 0.3 is 0 Å². The van der Waals surface area contributed by atoms with E-state index in [1.165, 1.54) is 0 Å². The molecule has 2 aromatic heterocycles. The molecule has 0 aliphatic carbocycles. The first-order valence-corrected chi connectivity index (χ1v) is 8.26. The summed E-state index contributed by atoms with van der Waals surface area (Å²) in [6.45, 7) is 0.641. The number of nitrogens with zero attached hydrogens (tertiary/aromatic N) is 2. The van der Waals surface area contributed by atoms with Crippen LogP contribution >= 0.6 is 0 Å². The molecule has 1 aliphatic rings. The van der Waals surface area contributed by atoms with Crippen LogP contribution in [0.5, 0.6) is 11.5 Å². The molecule has 0 bridgehead atoms. The van der Waals surface area contributed by atoms with Gasteiger partial charge in [0.1, 0.15) is 0 Å². The van der Waals surface area contributed by atoms with Crippen LogP contribution in [0.1, 0.15) is 16.1 Å². The summed E-state index contributed by atoms with van der Waals surface area (Å²) in [5, 5.41) is 2.85. The maximum absolute atomic E-state index is 12.0. The molecule has 4 rings (SSSR count). The van der Waals surface area contributed by atoms with Gasteiger partial charge in [0.15, 0.2) is 17.3 Å². The van der Waals surface area contributed by atoms with Crippen molar-refractivity contribution in [2.24, 2.45) is 0 Å². The zero-order chi connectivity index (χ0) is 18.1. The van der Waals surface area contributed by atoms with Crippen molar-refractivity contribution in [3.8, 4) is 34.3 Å². The standard InChI is InChI=1S/C19H18N4O3/c1-25-16-5-3-4-11(17(16)26-2)18-20-8-7-14(23-18)15-10-12-13(22-15)6-9-21-19(12)24/h3-5,7-8,10,22H,6,9H2,1-2H3,(H,21,24). The summed E-state index contributed by atoms with van der Waals surface area (Å²) in [5.41, 5.74) is 3.84. The van der Waals surface area contributed by atoms with Crippen LogP contribution in [0, 0.1) is 0 Å². The zero-order valence-corrected chi connectivity index (χ0v) is 14.5. The molecule has 0 radical (unpaired) electrons. The van der Waals surface area contributed by atoms with Gasteiger partial charge in [0.25, 0.3) is 5.91 Å². The number of carbonyl (C=O) groups excluding carboxylic acids is 1. The van der Waals surface area contributed by atoms with Crippen molar-refractivity contribution in [3.63, 3.8) is 0 Å². The average Bonchev–Trinajstić information content (AvgIpc) is 3.13. The van der Waals surface area contributed by atoms with Crippen molar-refractivity contribution in [1.29, 1.82) is 0 Å². The molecule has 0 atom stereocenters. The minimum absolute atomic E-state index is 0.0579. The van der Waals surface area contributed by atoms with E-state index in [0.29, 0.717) is 35.1 Å². The van der Waals surface area contributed by atoms with E-state index in [2.05, 4.69) is 20.3 Å². The first-order valence-electron chi connectivity index (χ1n) is 8.26. The summed E-state index contributed by atoms with van der Waals surface area (Å²) in [4.78, 5) is 24.3. The Balaban J connectivity index is 1.78. The Morgan fingerprint density at radius 2 is 2.00 bits per heavy atom. The molecule has 3 aromatic rings. The second-order valence-electron chi connectivity index (χ2n) is 5.89. The van der Waals surface area contributed by atoms with Gasteiger partial charge in [0.05, 0.1) is 36.7 Å². The Morgan fingerprint density at radius 1 is 1.12 bits per heavy atom. The molecule has 26 heavy (non-hydrogen) atoms. The maximum atomic E-state index is 12.0. The third-order valence-electron chi connectivity index (χ3n) is 4.38. The molecule has 0 fully saturated rings. The number of para-hydroxylation sites is 1. The lowest BCUT2D eigenvalue weighted by molar-refractivity contribution is 0.0946. The second kappa shape index (κ2) is 6.51. The van der Waals surface area contributed by atoms with Crippen molar-refractivity contribution in [2.45, 2.75) is 6.42 Å². The molecular weight excluding hydrogens is 332 g/mol. The lowest BCUT2D eigenvalue weighted by Crippen LogP contribution is -2.31. The van der Waals surface area contributed by atoms with Crippen LogP contribution in [0.25, 0.3) is 22.8 Å². The Bertz CT molecular complexity index is 981. The summed E-state index contributed by atoms with van der Waals surface area (Å²) in [6.07, 6.45) is 2.47. The summed E-state index contributed by atoms with van der Waals surface area (Å²) in [7, 11) is 3.18. The Labute approximate surface area is 150 Å². The predicted octanol–water partition coefficient (Wildman–Crippen LogP) is 2.44. The van der Waals surface area contributed by atoms with E-state index in [4.69, 9.17) is 9.47 Å². The molecule has 0 saturated heterocycles. The van der Waals surface area contributed by atoms with Crippen molar-refractivity contribution in [3.05, 3.63) is 47.8 Å². The molecule has 0 saturated carbocycles. The number of carbonyl (C=O) groups is 1. The van der Waals surface area contributed by atoms with Crippen LogP contribution in [0.15, 0.2) is 36.5 Å². The van der Waals surface area contributed by atoms with E-state index in [9.17, 15) is 4.79 Å². The average molecular weight is 350 g/mol. The number of hydrogen-bond acceptors (Lipinski definition) is 5. The maximum Gasteiger partial charge on any atom is 0.253 e. The van der Waals surface area contributed by atoms with E-state index in [1.54, 1.807) is 20.4 Å². The van der Waals surface area contributed by atoms with E-state index in [-0.39, 0.29) is 5.91 Å². The number of ether oxygens (including phenoxy) is 2. The third-order valence-corrected chi connectivity index (χ3v) is 4.38. The van der Waals surface area contributed by atoms with E-state index < -0.39 is 0 Å². The number of nitrogens with one attached hydrogen (secondary N) is 2. The summed E-state index contributed by atoms with van der Waals surface area (Å²) in [5.74, 6) is 1.66. The fourth-order valence-corrected chi connectivity index (χ4v) is 3.13. The fourth-order valence-electron chi connectivity index (χ4n) is 3.13. The Kier molecular flexibility index (Phi) is 4.04. The van der Waals surface area contributed by atoms with Crippen molar-refractivity contribution < 1.29 is 14.3 Å². The number of H-pyrrole nitrogens is 1. The fraction of sp³-hybridized carbons (Fsp3) is 0.211. The van der Waals surface area contributed by atoms with Gasteiger partial charge in [0, 0.05) is 24.9 Å². The van der Waals surface area contributed by atoms with Crippen LogP contribution < -0.4 is 14.8 Å². The number of rotatable bonds is 4. The van der Waals surface area contributed by atoms with Crippen LogP contribution in [0.2, 0.25) is 0 Å². The van der Waals surface area contributed by atoms with Gasteiger partial charge in [-0.2, -0.15) is 0 Å². The molecule has 1 aliphatic heterocycles. The van der Waals surface area contributed by atoms with Crippen molar-refractivity contribution in [2.75, 3.05) is 20.8 Å². The van der Waals surface area contributed by atoms with Crippen LogP contribution in [0.4, 0.5) is 0 Å². The number of aromatic nitrogens is 3. The van der Waals surface area contributed by atoms with Crippen LogP contribution in [0.3, 0.4) is 0 Å². The number of fused-ring (bicyclic) bond motifs is 1. The smallest absolute Gasteiger partial charge is 0.253 e. The largest absolute Gasteiger partial charge is 0.493 e. The molecule has 1 amide bonds. The molecular formula is C19H18N4O3. The van der Waals surface area contributed by atoms with Crippen molar-refractivity contribution in [1.82, 2.24) is 20.3 Å². The lowest BCUT2D eigenvalue weighted by atomic mass is 10.1. The number of methoxy groups -OCH3 is 2. The predicted molar refractivity (Wildman–Crippen MR) is 96.4 cm³/mol. The number of aromatic amines is 1. The van der Waals surface area contributed by atoms with Gasteiger partial charge in [-0.1, -0.05) is 6.07 Å². The molecule has 7 nitrogen and oxygen atoms in total. The molecule has 3 heterocycles. The van der Waals surface area contributed by atoms with Gasteiger partial charge in [0.2, 0.25) is 0 Å². The first-order chi connectivity index (χ1) is 12.7. The molecule has 2 N–H and O–H groups in total. The summed E-state index contributed by atoms with van der Waals surface area (Å²) in [6, 6.07) is 9.21. The van der Waals surface area contributed by atoms with Gasteiger partial charge in [-0.3, -0.25) is 4.79 Å². The third kappa shape index (κ3) is 2.67. The van der Waals surface area contributed by atoms with E-state index >= 15 is 0 Å². The highest BCUT2D eigenvalue weighted by atomic mass is 16.5. The van der Waals surface area contributed by atoms with Gasteiger partial charge in [-0.25, -0.2) is 9.97 Å². The first kappa shape index (κ1) is 16.1. The summed E-state index contributed by atoms with van der Waals surface area (Å²) >= 11 is 0. The quantitative estimate of drug-likeness (QED) is 0.754. The number of amides is 1. The Morgan fingerprint density at radius 3 is 2.77 bits per heavy atom. The molecule has 0 spiro atoms. The van der Waals surface area contributed by atoms with Gasteiger partial charge < -0.3 is 19.8 Å². The minimum Gasteiger partial charge on any atom is -0.493 e. The van der Waals surface area contributed by atoms with Crippen LogP contribution in [-0.2, 0) is 6.42 Å². The normalized spacial score (nSPS) is 13.1. The molecule has 132 valence electrons. The van der Waals surface area contributed by atoms with Gasteiger partial charge in [-0.05, 0) is 24.3 Å². The molecule has 1 aromatic carbocycles. The zero-order valence-electron chi connectivity index (χ0n) is 14.5. The van der Waals surface area contributed by atoms with E-state index in [0.717, 1.165) is 23.4 Å². The Hall–Kier alpha value is -3.35. The molecule has 7 heteroatoms. The van der Waals surface area contributed by atoms with Gasteiger partial charge in [-0.15, -0.1) is 0 Å². The highest BCUT2D eigenvalue weighted by Crippen LogP contribution is 2.36. The second-order valence-corrected chi connectivity index (χ2v) is 5.89. The van der Waals surface area contributed by atoms with Crippen molar-refractivity contribution >= 4 is 5.91 Å². The minimum atomic E-state index is -0.0579. The van der Waals surface area contributed by atoms with E-state index in [1.807, 2.05) is 30.3 Å². The lowest BCUT2D eigenvalue weighted by Gasteiger charge is -2.12. The molecule has 0 unspecified atom stereocenters. The highest BCUT2D eigenvalue weighted by Gasteiger charge is 2.21. The SMILES string of the molecule is COc1cccc(-c2nccc(-c3cc4c([nH]3)CCNC4=O)n2)c1OC.